The second-order valence-corrected chi connectivity index (χ2v) is 6.58. The summed E-state index contributed by atoms with van der Waals surface area (Å²) in [6.45, 7) is 0.142. The molecule has 0 aromatic heterocycles. The van der Waals surface area contributed by atoms with Crippen LogP contribution >= 0.6 is 0 Å². The molecule has 0 saturated carbocycles. The molecule has 0 aliphatic carbocycles. The molecule has 5 atom stereocenters. The normalized spacial score (nSPS) is 15.5. The number of aliphatic hydroxyl groups excluding tert-OH is 2. The van der Waals surface area contributed by atoms with Gasteiger partial charge in [-0.25, -0.2) is 4.79 Å². The number of nitrogens with two attached hydrogens (primary N) is 2. The molecule has 0 heterocycles. The van der Waals surface area contributed by atoms with Gasteiger partial charge in [-0.1, -0.05) is 0 Å². The number of carboxylic acids is 2. The quantitative estimate of drug-likeness (QED) is 0.121. The topological polar surface area (TPSA) is 271 Å². The van der Waals surface area contributed by atoms with E-state index in [4.69, 9.17) is 26.8 Å². The molecule has 15 heteroatoms. The Hall–Kier alpha value is -3.30. The number of rotatable bonds is 14. The molecule has 4 amide bonds. The van der Waals surface area contributed by atoms with Crippen LogP contribution in [-0.2, 0) is 28.8 Å². The molecular weight excluding hydrogens is 422 g/mol. The van der Waals surface area contributed by atoms with Gasteiger partial charge in [0.05, 0.1) is 25.2 Å². The number of hydrogen-bond acceptors (Lipinski definition) is 9. The van der Waals surface area contributed by atoms with Gasteiger partial charge in [-0.2, -0.15) is 0 Å². The van der Waals surface area contributed by atoms with Crippen molar-refractivity contribution in [3.63, 3.8) is 0 Å². The molecule has 0 radical (unpaired) electrons. The second kappa shape index (κ2) is 13.1. The lowest BCUT2D eigenvalue weighted by Gasteiger charge is -2.26. The van der Waals surface area contributed by atoms with Gasteiger partial charge in [0.25, 0.3) is 0 Å². The zero-order valence-corrected chi connectivity index (χ0v) is 16.6. The molecule has 0 spiro atoms. The molecule has 0 fully saturated rings. The van der Waals surface area contributed by atoms with Crippen LogP contribution in [-0.4, -0.2) is 92.9 Å². The maximum absolute atomic E-state index is 12.5. The maximum Gasteiger partial charge on any atom is 0.328 e. The summed E-state index contributed by atoms with van der Waals surface area (Å²) in [5, 5.41) is 42.6. The first-order valence-electron chi connectivity index (χ1n) is 8.98. The standard InChI is InChI=1S/C16H27N5O10/c1-6(23)12(15(29)20-9(5-22)16(30)31)21-14(28)8(2-3-11(25)26)19-13(27)7(17)4-10(18)24/h6-9,12,22-23H,2-5,17H2,1H3,(H2,18,24)(H,19,27)(H,20,29)(H,21,28)(H,25,26)(H,30,31). The Balaban J connectivity index is 5.42. The number of hydrogen-bond donors (Lipinski definition) is 9. The molecule has 0 aromatic carbocycles. The van der Waals surface area contributed by atoms with Crippen molar-refractivity contribution in [2.45, 2.75) is 56.5 Å². The summed E-state index contributed by atoms with van der Waals surface area (Å²) in [6.07, 6.45) is -3.08. The summed E-state index contributed by atoms with van der Waals surface area (Å²) < 4.78 is 0. The smallest absolute Gasteiger partial charge is 0.328 e. The lowest BCUT2D eigenvalue weighted by atomic mass is 10.1. The molecule has 176 valence electrons. The van der Waals surface area contributed by atoms with E-state index in [0.717, 1.165) is 6.92 Å². The van der Waals surface area contributed by atoms with Gasteiger partial charge in [-0.15, -0.1) is 0 Å². The average Bonchev–Trinajstić information content (AvgIpc) is 2.65. The van der Waals surface area contributed by atoms with Crippen molar-refractivity contribution in [2.24, 2.45) is 11.5 Å². The van der Waals surface area contributed by atoms with Crippen LogP contribution < -0.4 is 27.4 Å². The van der Waals surface area contributed by atoms with Crippen molar-refractivity contribution >= 4 is 35.6 Å². The summed E-state index contributed by atoms with van der Waals surface area (Å²) in [5.41, 5.74) is 10.4. The lowest BCUT2D eigenvalue weighted by Crippen LogP contribution is -2.60. The fraction of sp³-hybridized carbons (Fsp3) is 0.625. The lowest BCUT2D eigenvalue weighted by molar-refractivity contribution is -0.144. The maximum atomic E-state index is 12.5. The minimum absolute atomic E-state index is 0.432. The second-order valence-electron chi connectivity index (χ2n) is 6.58. The molecule has 0 bridgehead atoms. The summed E-state index contributed by atoms with van der Waals surface area (Å²) in [4.78, 5) is 69.5. The number of aliphatic carboxylic acids is 2. The van der Waals surface area contributed by atoms with E-state index >= 15 is 0 Å². The van der Waals surface area contributed by atoms with Gasteiger partial charge in [0.2, 0.25) is 23.6 Å². The van der Waals surface area contributed by atoms with Crippen molar-refractivity contribution in [3.8, 4) is 0 Å². The van der Waals surface area contributed by atoms with Crippen molar-refractivity contribution in [1.82, 2.24) is 16.0 Å². The molecule has 0 aliphatic heterocycles. The third-order valence-corrected chi connectivity index (χ3v) is 3.90. The Labute approximate surface area is 176 Å². The van der Waals surface area contributed by atoms with E-state index in [-0.39, 0.29) is 0 Å². The molecular formula is C16H27N5O10. The van der Waals surface area contributed by atoms with E-state index in [1.165, 1.54) is 0 Å². The van der Waals surface area contributed by atoms with Gasteiger partial charge >= 0.3 is 11.9 Å². The van der Waals surface area contributed by atoms with E-state index in [1.807, 2.05) is 5.32 Å². The highest BCUT2D eigenvalue weighted by Crippen LogP contribution is 2.03. The van der Waals surface area contributed by atoms with Gasteiger partial charge in [0.1, 0.15) is 18.1 Å². The predicted molar refractivity (Wildman–Crippen MR) is 101 cm³/mol. The number of nitrogens with one attached hydrogen (secondary N) is 3. The first-order valence-corrected chi connectivity index (χ1v) is 8.98. The van der Waals surface area contributed by atoms with Gasteiger partial charge in [-0.05, 0) is 13.3 Å². The minimum atomic E-state index is -1.71. The predicted octanol–water partition coefficient (Wildman–Crippen LogP) is -5.03. The Bertz CT molecular complexity index is 698. The minimum Gasteiger partial charge on any atom is -0.481 e. The monoisotopic (exact) mass is 449 g/mol. The Morgan fingerprint density at radius 1 is 0.903 bits per heavy atom. The van der Waals surface area contributed by atoms with E-state index in [2.05, 4.69) is 10.6 Å². The van der Waals surface area contributed by atoms with Crippen molar-refractivity contribution < 1.29 is 49.2 Å². The van der Waals surface area contributed by atoms with E-state index in [1.54, 1.807) is 0 Å². The molecule has 0 saturated heterocycles. The van der Waals surface area contributed by atoms with Crippen LogP contribution in [0.5, 0.6) is 0 Å². The largest absolute Gasteiger partial charge is 0.481 e. The molecule has 11 N–H and O–H groups in total. The highest BCUT2D eigenvalue weighted by Gasteiger charge is 2.32. The first kappa shape index (κ1) is 27.7. The highest BCUT2D eigenvalue weighted by atomic mass is 16.4. The van der Waals surface area contributed by atoms with E-state index in [9.17, 15) is 33.9 Å². The van der Waals surface area contributed by atoms with Crippen LogP contribution in [0.25, 0.3) is 0 Å². The molecule has 0 aliphatic rings. The third-order valence-electron chi connectivity index (χ3n) is 3.90. The number of carbonyl (C=O) groups excluding carboxylic acids is 4. The molecule has 31 heavy (non-hydrogen) atoms. The summed E-state index contributed by atoms with van der Waals surface area (Å²) in [7, 11) is 0. The Morgan fingerprint density at radius 3 is 1.87 bits per heavy atom. The number of carboxylic acid groups (broad SMARTS) is 2. The molecule has 0 aromatic rings. The molecule has 5 unspecified atom stereocenters. The Morgan fingerprint density at radius 2 is 1.45 bits per heavy atom. The number of carbonyl (C=O) groups is 6. The van der Waals surface area contributed by atoms with Crippen LogP contribution in [0.4, 0.5) is 0 Å². The van der Waals surface area contributed by atoms with Gasteiger partial charge in [0.15, 0.2) is 0 Å². The van der Waals surface area contributed by atoms with E-state index < -0.39 is 91.7 Å². The fourth-order valence-corrected chi connectivity index (χ4v) is 2.23. The SMILES string of the molecule is CC(O)C(NC(=O)C(CCC(=O)O)NC(=O)C(N)CC(N)=O)C(=O)NC(CO)C(=O)O. The average molecular weight is 449 g/mol. The number of aliphatic hydroxyl groups is 2. The van der Waals surface area contributed by atoms with Gasteiger partial charge in [-0.3, -0.25) is 24.0 Å². The van der Waals surface area contributed by atoms with Crippen LogP contribution in [0.1, 0.15) is 26.2 Å². The van der Waals surface area contributed by atoms with Crippen LogP contribution in [0, 0.1) is 0 Å². The summed E-state index contributed by atoms with van der Waals surface area (Å²) in [6, 6.07) is -6.36. The zero-order valence-electron chi connectivity index (χ0n) is 16.6. The van der Waals surface area contributed by atoms with E-state index in [0.29, 0.717) is 0 Å². The van der Waals surface area contributed by atoms with Crippen LogP contribution in [0.2, 0.25) is 0 Å². The summed E-state index contributed by atoms with van der Waals surface area (Å²) in [5.74, 6) is -6.99. The Kier molecular flexibility index (Phi) is 11.7. The van der Waals surface area contributed by atoms with Crippen LogP contribution in [0.3, 0.4) is 0 Å². The molecule has 0 rings (SSSR count). The molecule has 15 nitrogen and oxygen atoms in total. The number of amides is 4. The van der Waals surface area contributed by atoms with Gasteiger partial charge in [0, 0.05) is 6.42 Å². The third kappa shape index (κ3) is 10.3. The zero-order chi connectivity index (χ0) is 24.3. The van der Waals surface area contributed by atoms with Crippen LogP contribution in [0.15, 0.2) is 0 Å². The number of primary amides is 1. The van der Waals surface area contributed by atoms with Gasteiger partial charge < -0.3 is 47.8 Å². The van der Waals surface area contributed by atoms with Crippen molar-refractivity contribution in [2.75, 3.05) is 6.61 Å². The fourth-order valence-electron chi connectivity index (χ4n) is 2.23. The first-order chi connectivity index (χ1) is 14.3. The van der Waals surface area contributed by atoms with Crippen molar-refractivity contribution in [3.05, 3.63) is 0 Å². The highest BCUT2D eigenvalue weighted by molar-refractivity contribution is 5.95. The van der Waals surface area contributed by atoms with Crippen molar-refractivity contribution in [1.29, 1.82) is 0 Å². The summed E-state index contributed by atoms with van der Waals surface area (Å²) >= 11 is 0.